The lowest BCUT2D eigenvalue weighted by molar-refractivity contribution is -0.144. The van der Waals surface area contributed by atoms with E-state index in [-0.39, 0.29) is 55.1 Å². The highest BCUT2D eigenvalue weighted by Crippen LogP contribution is 2.32. The third kappa shape index (κ3) is 10.5. The maximum Gasteiger partial charge on any atom is 0.246 e. The summed E-state index contributed by atoms with van der Waals surface area (Å²) in [5.41, 5.74) is 12.2. The minimum atomic E-state index is -0.886. The van der Waals surface area contributed by atoms with Crippen molar-refractivity contribution in [2.75, 3.05) is 50.3 Å². The predicted molar refractivity (Wildman–Crippen MR) is 238 cm³/mol. The first-order chi connectivity index (χ1) is 29.1. The van der Waals surface area contributed by atoms with Gasteiger partial charge in [-0.1, -0.05) is 57.2 Å². The average molecular weight is 853 g/mol. The third-order valence-electron chi connectivity index (χ3n) is 12.4. The molecule has 7 rings (SSSR count). The van der Waals surface area contributed by atoms with Crippen molar-refractivity contribution in [2.24, 2.45) is 5.41 Å². The number of aromatic hydroxyl groups is 1. The number of aromatic nitrogens is 3. The zero-order valence-corrected chi connectivity index (χ0v) is 36.6. The topological polar surface area (TPSA) is 202 Å². The van der Waals surface area contributed by atoms with E-state index in [1.807, 2.05) is 76.5 Å². The second kappa shape index (κ2) is 18.8. The van der Waals surface area contributed by atoms with Crippen molar-refractivity contribution in [3.05, 3.63) is 71.4 Å². The van der Waals surface area contributed by atoms with Gasteiger partial charge >= 0.3 is 0 Å². The fourth-order valence-corrected chi connectivity index (χ4v) is 9.65. The summed E-state index contributed by atoms with van der Waals surface area (Å²) >= 11 is 1.59. The molecule has 5 heterocycles. The maximum absolute atomic E-state index is 14.2. The molecule has 15 nitrogen and oxygen atoms in total. The fourth-order valence-electron chi connectivity index (χ4n) is 8.84. The summed E-state index contributed by atoms with van der Waals surface area (Å²) in [6.45, 7) is 13.2. The molecule has 2 aromatic heterocycles. The smallest absolute Gasteiger partial charge is 0.246 e. The number of rotatable bonds is 12. The van der Waals surface area contributed by atoms with Gasteiger partial charge < -0.3 is 41.7 Å². The molecule has 0 spiro atoms. The van der Waals surface area contributed by atoms with Crippen molar-refractivity contribution in [3.8, 4) is 27.4 Å². The molecule has 2 aromatic carbocycles. The van der Waals surface area contributed by atoms with Crippen molar-refractivity contribution in [1.82, 2.24) is 40.5 Å². The van der Waals surface area contributed by atoms with E-state index in [9.17, 15) is 24.6 Å². The number of carbonyl (C=O) groups is 3. The SMILES string of the molecule is Cc1ncsc1-c1ccc(C(C)NC(=O)[C@@H]2C[C@@H](O)CN2C(=O)C(NC(=O)CN2CCC(N3CCC(Nc4cc(-c5ccccc5O)nnc4N)CC3)CC2)C(C)(C)C)cc1. The average Bonchev–Trinajstić information content (AvgIpc) is 3.86. The molecule has 0 bridgehead atoms. The Kier molecular flexibility index (Phi) is 13.6. The molecule has 2 unspecified atom stereocenters. The van der Waals surface area contributed by atoms with Crippen LogP contribution in [0.5, 0.6) is 5.75 Å². The highest BCUT2D eigenvalue weighted by Gasteiger charge is 2.45. The van der Waals surface area contributed by atoms with Crippen LogP contribution in [0.25, 0.3) is 21.7 Å². The third-order valence-corrected chi connectivity index (χ3v) is 13.4. The first kappa shape index (κ1) is 43.9. The number of β-amino-alcohol motifs (C(OH)–C–C–N with tert-alkyl or cyclic N) is 1. The van der Waals surface area contributed by atoms with E-state index in [4.69, 9.17) is 5.73 Å². The Hall–Kier alpha value is -5.16. The van der Waals surface area contributed by atoms with Crippen molar-refractivity contribution in [2.45, 2.75) is 103 Å². The van der Waals surface area contributed by atoms with E-state index in [0.29, 0.717) is 28.8 Å². The number of nitrogens with one attached hydrogen (secondary N) is 3. The zero-order chi connectivity index (χ0) is 43.4. The number of likely N-dealkylation sites (tertiary alicyclic amines) is 3. The quantitative estimate of drug-likeness (QED) is 0.116. The molecular weight excluding hydrogens is 793 g/mol. The van der Waals surface area contributed by atoms with Crippen LogP contribution in [0.15, 0.2) is 60.1 Å². The van der Waals surface area contributed by atoms with Crippen LogP contribution in [0.2, 0.25) is 0 Å². The van der Waals surface area contributed by atoms with E-state index in [0.717, 1.165) is 73.6 Å². The van der Waals surface area contributed by atoms with Gasteiger partial charge in [0.25, 0.3) is 0 Å². The number of phenols is 1. The Labute approximate surface area is 362 Å². The van der Waals surface area contributed by atoms with Crippen LogP contribution in [0.4, 0.5) is 11.5 Å². The lowest BCUT2D eigenvalue weighted by Crippen LogP contribution is -2.59. The molecule has 3 amide bonds. The number of thiazole rings is 1. The Bertz CT molecular complexity index is 2160. The Morgan fingerprint density at radius 1 is 0.967 bits per heavy atom. The van der Waals surface area contributed by atoms with Gasteiger partial charge in [-0.15, -0.1) is 21.5 Å². The minimum Gasteiger partial charge on any atom is -0.507 e. The monoisotopic (exact) mass is 852 g/mol. The van der Waals surface area contributed by atoms with Crippen molar-refractivity contribution in [3.63, 3.8) is 0 Å². The number of anilines is 2. The lowest BCUT2D eigenvalue weighted by Gasteiger charge is -2.42. The van der Waals surface area contributed by atoms with Crippen LogP contribution in [0, 0.1) is 12.3 Å². The predicted octanol–water partition coefficient (Wildman–Crippen LogP) is 4.57. The van der Waals surface area contributed by atoms with Gasteiger partial charge in [0, 0.05) is 56.8 Å². The first-order valence-corrected chi connectivity index (χ1v) is 22.3. The van der Waals surface area contributed by atoms with Gasteiger partial charge in [0.1, 0.15) is 17.8 Å². The van der Waals surface area contributed by atoms with Gasteiger partial charge in [-0.05, 0) is 74.3 Å². The number of amides is 3. The number of carbonyl (C=O) groups excluding carboxylic acids is 3. The molecule has 3 aliphatic heterocycles. The van der Waals surface area contributed by atoms with Crippen LogP contribution < -0.4 is 21.7 Å². The molecule has 7 N–H and O–H groups in total. The van der Waals surface area contributed by atoms with Crippen LogP contribution >= 0.6 is 11.3 Å². The van der Waals surface area contributed by atoms with Crippen molar-refractivity contribution in [1.29, 1.82) is 0 Å². The molecule has 4 aromatic rings. The maximum atomic E-state index is 14.2. The van der Waals surface area contributed by atoms with E-state index in [1.54, 1.807) is 29.5 Å². The van der Waals surface area contributed by atoms with E-state index in [1.165, 1.54) is 4.90 Å². The number of nitrogens with two attached hydrogens (primary N) is 1. The van der Waals surface area contributed by atoms with Gasteiger partial charge in [-0.25, -0.2) is 4.98 Å². The number of aliphatic hydroxyl groups excluding tert-OH is 1. The molecule has 61 heavy (non-hydrogen) atoms. The molecule has 3 aliphatic rings. The van der Waals surface area contributed by atoms with Crippen LogP contribution in [-0.4, -0.2) is 127 Å². The van der Waals surface area contributed by atoms with Crippen molar-refractivity contribution >= 4 is 40.6 Å². The number of piperidine rings is 2. The van der Waals surface area contributed by atoms with Gasteiger partial charge in [-0.3, -0.25) is 19.3 Å². The lowest BCUT2D eigenvalue weighted by atomic mass is 9.85. The molecule has 3 fully saturated rings. The summed E-state index contributed by atoms with van der Waals surface area (Å²) in [5.74, 6) is -0.480. The van der Waals surface area contributed by atoms with E-state index in [2.05, 4.69) is 40.9 Å². The molecule has 0 aliphatic carbocycles. The molecule has 0 saturated carbocycles. The highest BCUT2D eigenvalue weighted by molar-refractivity contribution is 7.13. The number of benzene rings is 2. The number of hydrogen-bond acceptors (Lipinski definition) is 13. The molecule has 16 heteroatoms. The Balaban J connectivity index is 0.879. The highest BCUT2D eigenvalue weighted by atomic mass is 32.1. The van der Waals surface area contributed by atoms with Crippen LogP contribution in [0.3, 0.4) is 0 Å². The first-order valence-electron chi connectivity index (χ1n) is 21.4. The van der Waals surface area contributed by atoms with Crippen LogP contribution in [-0.2, 0) is 14.4 Å². The van der Waals surface area contributed by atoms with Gasteiger partial charge in [0.05, 0.1) is 46.2 Å². The second-order valence-electron chi connectivity index (χ2n) is 17.9. The summed E-state index contributed by atoms with van der Waals surface area (Å²) in [7, 11) is 0. The molecule has 3 saturated heterocycles. The molecular formula is C45H60N10O5S. The standard InChI is InChI=1S/C45H60N10O5S/c1-27(29-10-12-30(13-11-29)40-28(2)47-26-61-40)48-43(59)37-22-33(56)24-55(37)44(60)41(45(3,4)5)50-39(58)25-53-18-16-32(17-19-53)54-20-14-31(15-21-54)49-36-23-35(51-52-42(36)46)34-8-6-7-9-38(34)57/h6-13,23,26-27,31-33,37,41,56-57H,14-22,24-25H2,1-5H3,(H2,46,52)(H,48,59)(H,49,51)(H,50,58)/t27?,33-,37+,41?/m1/s1. The minimum absolute atomic E-state index is 0.0209. The van der Waals surface area contributed by atoms with Gasteiger partial charge in [0.2, 0.25) is 17.7 Å². The fraction of sp³-hybridized carbons (Fsp3) is 0.511. The molecule has 0 radical (unpaired) electrons. The van der Waals surface area contributed by atoms with E-state index < -0.39 is 23.6 Å². The number of aliphatic hydroxyl groups is 1. The van der Waals surface area contributed by atoms with Crippen LogP contribution in [0.1, 0.15) is 77.1 Å². The second-order valence-corrected chi connectivity index (χ2v) is 18.7. The summed E-state index contributed by atoms with van der Waals surface area (Å²) < 4.78 is 0. The van der Waals surface area contributed by atoms with Gasteiger partial charge in [0.15, 0.2) is 5.82 Å². The Morgan fingerprint density at radius 3 is 2.33 bits per heavy atom. The van der Waals surface area contributed by atoms with Gasteiger partial charge in [-0.2, -0.15) is 0 Å². The number of nitrogens with zero attached hydrogens (tertiary/aromatic N) is 6. The number of aryl methyl sites for hydroxylation is 1. The summed E-state index contributed by atoms with van der Waals surface area (Å²) in [5, 5.41) is 39.0. The number of phenolic OH excluding ortho intramolecular Hbond substituents is 1. The Morgan fingerprint density at radius 2 is 1.67 bits per heavy atom. The largest absolute Gasteiger partial charge is 0.507 e. The van der Waals surface area contributed by atoms with E-state index >= 15 is 0 Å². The zero-order valence-electron chi connectivity index (χ0n) is 35.8. The molecule has 4 atom stereocenters. The number of para-hydroxylation sites is 1. The summed E-state index contributed by atoms with van der Waals surface area (Å²) in [6, 6.07) is 15.5. The van der Waals surface area contributed by atoms with Crippen molar-refractivity contribution < 1.29 is 24.6 Å². The number of nitrogen functional groups attached to an aromatic ring is 1. The molecule has 326 valence electrons. The summed E-state index contributed by atoms with van der Waals surface area (Å²) in [6.07, 6.45) is 3.04. The number of hydrogen-bond donors (Lipinski definition) is 6. The summed E-state index contributed by atoms with van der Waals surface area (Å²) in [4.78, 5) is 53.1. The normalized spacial score (nSPS) is 20.6.